The van der Waals surface area contributed by atoms with E-state index in [1.165, 1.54) is 5.56 Å². The van der Waals surface area contributed by atoms with Gasteiger partial charge in [0, 0.05) is 37.2 Å². The van der Waals surface area contributed by atoms with Crippen molar-refractivity contribution < 1.29 is 9.59 Å². The molecule has 0 radical (unpaired) electrons. The van der Waals surface area contributed by atoms with Gasteiger partial charge in [0.2, 0.25) is 0 Å². The second kappa shape index (κ2) is 7.59. The largest absolute Gasteiger partial charge is 0.326 e. The lowest BCUT2D eigenvalue weighted by atomic mass is 9.86. The summed E-state index contributed by atoms with van der Waals surface area (Å²) in [5, 5.41) is 5.99. The molecule has 2 aromatic carbocycles. The Labute approximate surface area is 177 Å². The number of carbonyl (C=O) groups excluding carboxylic acids is 2. The Morgan fingerprint density at radius 3 is 2.27 bits per heavy atom. The van der Waals surface area contributed by atoms with Crippen molar-refractivity contribution >= 4 is 23.3 Å². The predicted molar refractivity (Wildman–Crippen MR) is 119 cm³/mol. The van der Waals surface area contributed by atoms with E-state index in [2.05, 4.69) is 43.5 Å². The molecule has 1 saturated heterocycles. The van der Waals surface area contributed by atoms with Gasteiger partial charge < -0.3 is 15.5 Å². The molecule has 156 valence electrons. The van der Waals surface area contributed by atoms with Crippen molar-refractivity contribution in [3.05, 3.63) is 65.7 Å². The number of urea groups is 1. The highest BCUT2D eigenvalue weighted by molar-refractivity contribution is 6.46. The molecule has 1 spiro atoms. The average Bonchev–Trinajstić information content (AvgIpc) is 3.04. The molecule has 2 aromatic rings. The molecule has 2 aliphatic heterocycles. The van der Waals surface area contributed by atoms with Crippen LogP contribution in [0.4, 0.5) is 10.5 Å². The van der Waals surface area contributed by atoms with Crippen LogP contribution in [-0.2, 0) is 10.2 Å². The van der Waals surface area contributed by atoms with Crippen molar-refractivity contribution in [2.45, 2.75) is 44.7 Å². The van der Waals surface area contributed by atoms with Gasteiger partial charge in [-0.3, -0.25) is 9.79 Å². The molecular formula is C24H28N4O2. The van der Waals surface area contributed by atoms with E-state index < -0.39 is 5.66 Å². The van der Waals surface area contributed by atoms with Gasteiger partial charge in [0.25, 0.3) is 5.91 Å². The molecule has 0 saturated carbocycles. The number of piperidine rings is 1. The summed E-state index contributed by atoms with van der Waals surface area (Å²) in [4.78, 5) is 31.7. The molecule has 0 atom stereocenters. The third kappa shape index (κ3) is 4.08. The summed E-state index contributed by atoms with van der Waals surface area (Å²) in [7, 11) is 0. The van der Waals surface area contributed by atoms with E-state index in [1.807, 2.05) is 42.5 Å². The van der Waals surface area contributed by atoms with E-state index in [0.29, 0.717) is 31.6 Å². The molecule has 2 heterocycles. The number of anilines is 1. The van der Waals surface area contributed by atoms with Crippen molar-refractivity contribution in [2.75, 3.05) is 18.4 Å². The van der Waals surface area contributed by atoms with Crippen LogP contribution in [0, 0.1) is 0 Å². The van der Waals surface area contributed by atoms with Gasteiger partial charge in [-0.1, -0.05) is 63.2 Å². The number of aliphatic imine (C=N–C) groups is 1. The molecule has 0 aliphatic carbocycles. The van der Waals surface area contributed by atoms with Gasteiger partial charge >= 0.3 is 6.03 Å². The van der Waals surface area contributed by atoms with Crippen molar-refractivity contribution in [3.8, 4) is 0 Å². The highest BCUT2D eigenvalue weighted by Gasteiger charge is 2.42. The molecular weight excluding hydrogens is 376 g/mol. The van der Waals surface area contributed by atoms with Crippen LogP contribution in [-0.4, -0.2) is 41.3 Å². The van der Waals surface area contributed by atoms with Crippen LogP contribution < -0.4 is 10.6 Å². The minimum Gasteiger partial charge on any atom is -0.326 e. The number of nitrogens with one attached hydrogen (secondary N) is 2. The number of hydrogen-bond acceptors (Lipinski definition) is 3. The van der Waals surface area contributed by atoms with Crippen LogP contribution in [0.5, 0.6) is 0 Å². The zero-order valence-electron chi connectivity index (χ0n) is 17.7. The molecule has 2 N–H and O–H groups in total. The molecule has 2 aliphatic rings. The van der Waals surface area contributed by atoms with Crippen LogP contribution in [0.3, 0.4) is 0 Å². The van der Waals surface area contributed by atoms with E-state index in [9.17, 15) is 9.59 Å². The van der Waals surface area contributed by atoms with Crippen LogP contribution in [0.25, 0.3) is 0 Å². The molecule has 1 fully saturated rings. The third-order valence-electron chi connectivity index (χ3n) is 5.81. The quantitative estimate of drug-likeness (QED) is 0.796. The van der Waals surface area contributed by atoms with Gasteiger partial charge in [0.15, 0.2) is 0 Å². The summed E-state index contributed by atoms with van der Waals surface area (Å²) in [5.74, 6) is -0.138. The number of nitrogens with zero attached hydrogens (tertiary/aromatic N) is 2. The number of hydrogen-bond donors (Lipinski definition) is 2. The zero-order chi connectivity index (χ0) is 21.4. The smallest absolute Gasteiger partial charge is 0.321 e. The monoisotopic (exact) mass is 404 g/mol. The first kappa shape index (κ1) is 20.1. The van der Waals surface area contributed by atoms with Crippen molar-refractivity contribution in [1.82, 2.24) is 10.2 Å². The van der Waals surface area contributed by atoms with E-state index in [0.717, 1.165) is 11.3 Å². The van der Waals surface area contributed by atoms with Gasteiger partial charge in [0.1, 0.15) is 11.4 Å². The molecule has 4 rings (SSSR count). The Morgan fingerprint density at radius 2 is 1.67 bits per heavy atom. The first-order valence-electron chi connectivity index (χ1n) is 10.4. The van der Waals surface area contributed by atoms with E-state index in [1.54, 1.807) is 4.90 Å². The highest BCUT2D eigenvalue weighted by Crippen LogP contribution is 2.30. The Hall–Kier alpha value is -3.15. The predicted octanol–water partition coefficient (Wildman–Crippen LogP) is 3.93. The molecule has 3 amide bonds. The topological polar surface area (TPSA) is 73.8 Å². The number of likely N-dealkylation sites (tertiary alicyclic amines) is 1. The lowest BCUT2D eigenvalue weighted by molar-refractivity contribution is -0.115. The van der Waals surface area contributed by atoms with Crippen molar-refractivity contribution in [3.63, 3.8) is 0 Å². The number of para-hydroxylation sites is 1. The molecule has 30 heavy (non-hydrogen) atoms. The van der Waals surface area contributed by atoms with Crippen LogP contribution in [0.2, 0.25) is 0 Å². The summed E-state index contributed by atoms with van der Waals surface area (Å²) in [6.45, 7) is 7.58. The van der Waals surface area contributed by atoms with Crippen molar-refractivity contribution in [1.29, 1.82) is 0 Å². The zero-order valence-corrected chi connectivity index (χ0v) is 17.7. The number of benzene rings is 2. The number of amides is 3. The minimum absolute atomic E-state index is 0.0622. The summed E-state index contributed by atoms with van der Waals surface area (Å²) in [6, 6.07) is 17.4. The second-order valence-electron chi connectivity index (χ2n) is 9.06. The summed E-state index contributed by atoms with van der Waals surface area (Å²) < 4.78 is 0. The van der Waals surface area contributed by atoms with Crippen LogP contribution in [0.1, 0.15) is 44.7 Å². The lowest BCUT2D eigenvalue weighted by Gasteiger charge is -2.37. The highest BCUT2D eigenvalue weighted by atomic mass is 16.2. The molecule has 0 bridgehead atoms. The van der Waals surface area contributed by atoms with Gasteiger partial charge in [-0.2, -0.15) is 0 Å². The first-order valence-corrected chi connectivity index (χ1v) is 10.4. The Morgan fingerprint density at radius 1 is 1.03 bits per heavy atom. The maximum Gasteiger partial charge on any atom is 0.321 e. The minimum atomic E-state index is -0.612. The van der Waals surface area contributed by atoms with Crippen LogP contribution in [0.15, 0.2) is 59.6 Å². The standard InChI is InChI=1S/C24H28N4O2/c1-23(2,3)18-11-9-17(10-12-18)20-21(29)27-24(26-20)13-15-28(16-14-24)22(30)25-19-7-5-4-6-8-19/h4-12H,13-16H2,1-3H3,(H,25,30)(H,27,29). The Kier molecular flexibility index (Phi) is 5.10. The fourth-order valence-corrected chi connectivity index (χ4v) is 3.93. The maximum atomic E-state index is 12.7. The maximum absolute atomic E-state index is 12.7. The molecule has 0 unspecified atom stereocenters. The first-order chi connectivity index (χ1) is 14.3. The van der Waals surface area contributed by atoms with E-state index >= 15 is 0 Å². The number of rotatable bonds is 2. The summed E-state index contributed by atoms with van der Waals surface area (Å²) >= 11 is 0. The van der Waals surface area contributed by atoms with E-state index in [4.69, 9.17) is 4.99 Å². The van der Waals surface area contributed by atoms with E-state index in [-0.39, 0.29) is 17.4 Å². The normalized spacial score (nSPS) is 18.2. The average molecular weight is 405 g/mol. The Balaban J connectivity index is 1.43. The van der Waals surface area contributed by atoms with Crippen molar-refractivity contribution in [2.24, 2.45) is 4.99 Å². The van der Waals surface area contributed by atoms with Gasteiger partial charge in [-0.25, -0.2) is 4.79 Å². The summed E-state index contributed by atoms with van der Waals surface area (Å²) in [5.41, 5.74) is 2.76. The van der Waals surface area contributed by atoms with Gasteiger partial charge in [-0.15, -0.1) is 0 Å². The van der Waals surface area contributed by atoms with Gasteiger partial charge in [-0.05, 0) is 23.1 Å². The van der Waals surface area contributed by atoms with Gasteiger partial charge in [0.05, 0.1) is 0 Å². The lowest BCUT2D eigenvalue weighted by Crippen LogP contribution is -2.53. The fraction of sp³-hybridized carbons (Fsp3) is 0.375. The molecule has 6 heteroatoms. The second-order valence-corrected chi connectivity index (χ2v) is 9.06. The fourth-order valence-electron chi connectivity index (χ4n) is 3.93. The number of carbonyl (C=O) groups is 2. The van der Waals surface area contributed by atoms with Crippen LogP contribution >= 0.6 is 0 Å². The molecule has 0 aromatic heterocycles. The third-order valence-corrected chi connectivity index (χ3v) is 5.81. The SMILES string of the molecule is CC(C)(C)c1ccc(C2=NC3(CCN(C(=O)Nc4ccccc4)CC3)NC2=O)cc1. The Bertz CT molecular complexity index is 967. The summed E-state index contributed by atoms with van der Waals surface area (Å²) in [6.07, 6.45) is 1.20. The molecule has 6 nitrogen and oxygen atoms in total.